The first-order valence-corrected chi connectivity index (χ1v) is 35.9. The van der Waals surface area contributed by atoms with Crippen molar-refractivity contribution < 1.29 is 69.8 Å². The monoisotopic (exact) mass is 1350 g/mol. The van der Waals surface area contributed by atoms with Crippen LogP contribution in [-0.2, 0) is 19.9 Å². The number of allylic oxidation sites excluding steroid dienone is 1. The summed E-state index contributed by atoms with van der Waals surface area (Å²) >= 11 is 0. The van der Waals surface area contributed by atoms with Gasteiger partial charge in [-0.15, -0.1) is 0 Å². The topological polar surface area (TPSA) is 211 Å². The number of carboxylic acid groups (broad SMARTS) is 1. The van der Waals surface area contributed by atoms with E-state index in [1.807, 2.05) is 79.9 Å². The van der Waals surface area contributed by atoms with E-state index >= 15 is 0 Å². The molecule has 100 heavy (non-hydrogen) atoms. The van der Waals surface area contributed by atoms with Crippen molar-refractivity contribution in [1.29, 1.82) is 0 Å². The van der Waals surface area contributed by atoms with Gasteiger partial charge in [-0.3, -0.25) is 14.4 Å². The van der Waals surface area contributed by atoms with Gasteiger partial charge in [0.25, 0.3) is 5.97 Å². The Labute approximate surface area is 612 Å². The quantitative estimate of drug-likeness (QED) is 0.0413. The second-order valence-corrected chi connectivity index (χ2v) is 27.9. The van der Waals surface area contributed by atoms with E-state index in [-0.39, 0.29) is 81.3 Å². The fourth-order valence-electron chi connectivity index (χ4n) is 15.2. The third-order valence-electron chi connectivity index (χ3n) is 20.7. The molecule has 3 radical (unpaired) electrons. The Kier molecular flexibility index (Phi) is 23.6. The van der Waals surface area contributed by atoms with Gasteiger partial charge in [0.2, 0.25) is 17.6 Å². The maximum Gasteiger partial charge on any atom is 1.00 e. The molecule has 0 amide bonds. The molecule has 3 atom stereocenters. The van der Waals surface area contributed by atoms with Crippen LogP contribution in [0.2, 0.25) is 0 Å². The van der Waals surface area contributed by atoms with E-state index in [0.717, 1.165) is 165 Å². The Morgan fingerprint density at radius 2 is 0.980 bits per heavy atom. The molecule has 2 aliphatic heterocycles. The number of aliphatic hydroxyl groups excluding tert-OH is 1. The average molecular weight is 1350 g/mol. The van der Waals surface area contributed by atoms with E-state index in [4.69, 9.17) is 44.0 Å². The van der Waals surface area contributed by atoms with Gasteiger partial charge < -0.3 is 39.6 Å². The first-order chi connectivity index (χ1) is 48.0. The van der Waals surface area contributed by atoms with Gasteiger partial charge in [-0.25, -0.2) is 29.9 Å². The Morgan fingerprint density at radius 1 is 0.550 bits per heavy atom. The second-order valence-electron chi connectivity index (χ2n) is 27.9. The summed E-state index contributed by atoms with van der Waals surface area (Å²) in [6.07, 6.45) is 40.8. The van der Waals surface area contributed by atoms with Crippen molar-refractivity contribution in [2.24, 2.45) is 17.8 Å². The van der Waals surface area contributed by atoms with Crippen molar-refractivity contribution in [3.05, 3.63) is 205 Å². The Morgan fingerprint density at radius 3 is 1.46 bits per heavy atom. The zero-order chi connectivity index (χ0) is 67.0. The van der Waals surface area contributed by atoms with E-state index in [2.05, 4.69) is 115 Å². The SMILES string of the molecule is CC(=O)O.O=C(/C=C/c1nc(OC2CC2)ccc1-c1cn(C(c2ccccc2)(c2ccccc2)c2ccccc2)cn1)C1CCCCC1.O=C(CC1c2nc(OC3CC3)ccc2-c2cncn21)C1CCCCC1.OC(CC1c2nc(OC3CC3)ccc2-c2cncn21)C1CCCCC1.[B].[H-].[Na+]. The van der Waals surface area contributed by atoms with E-state index in [1.165, 1.54) is 44.9 Å². The van der Waals surface area contributed by atoms with Crippen LogP contribution in [0.15, 0.2) is 171 Å². The van der Waals surface area contributed by atoms with Gasteiger partial charge in [0.1, 0.15) is 29.6 Å². The summed E-state index contributed by atoms with van der Waals surface area (Å²) < 4.78 is 24.3. The molecule has 6 saturated carbocycles. The molecular weight excluding hydrogens is 1260 g/mol. The van der Waals surface area contributed by atoms with Crippen molar-refractivity contribution >= 4 is 32.0 Å². The molecule has 9 aromatic rings. The summed E-state index contributed by atoms with van der Waals surface area (Å²) in [5.41, 5.74) is 11.4. The fourth-order valence-corrected chi connectivity index (χ4v) is 15.2. The number of fused-ring (bicyclic) bond motifs is 6. The summed E-state index contributed by atoms with van der Waals surface area (Å²) in [5, 5.41) is 18.3. The number of carbonyl (C=O) groups excluding carboxylic acids is 2. The number of carbonyl (C=O) groups is 3. The number of hydrogen-bond donors (Lipinski definition) is 2. The first kappa shape index (κ1) is 71.5. The van der Waals surface area contributed by atoms with Crippen LogP contribution in [0, 0.1) is 17.8 Å². The summed E-state index contributed by atoms with van der Waals surface area (Å²) in [4.78, 5) is 63.1. The van der Waals surface area contributed by atoms with Gasteiger partial charge >= 0.3 is 29.6 Å². The fraction of sp³-hybridized carbons (Fsp3) is 0.420. The van der Waals surface area contributed by atoms with Crippen LogP contribution in [-0.4, -0.2) is 104 Å². The molecule has 3 aromatic carbocycles. The predicted molar refractivity (Wildman–Crippen MR) is 382 cm³/mol. The standard InChI is InChI=1S/C39H37N3O2.C20H25N3O2.C20H23N3O2.C2H4O2.B.Na.H/c43-37(29-13-5-1-6-14-29)25-24-35-34(23-26-38(41-35)44-33-21-22-33)36-27-42(28-40-36)39(30-15-7-2-8-16-30,31-17-9-3-10-18-31)32-19-11-4-12-20-32;2*24-18(13-4-2-1-3-5-13)10-16-20-15(17-11-21-12-23(16)17)8-9-19(22-20)25-14-6-7-14;1-2(3)4;;;/h2-4,7-12,15-20,23-29,33H,1,5-6,13-14,21-22H2;8-9,11-14,16,18,24H,1-7,10H2;8-9,11-14,16H,1-7,10H2;1H3,(H,3,4);;;/q;;;;;+1;-1/b25-24+;;;;;;. The first-order valence-electron chi connectivity index (χ1n) is 35.9. The van der Waals surface area contributed by atoms with E-state index < -0.39 is 11.5 Å². The van der Waals surface area contributed by atoms with Crippen molar-refractivity contribution in [3.63, 3.8) is 0 Å². The maximum atomic E-state index is 13.1. The zero-order valence-electron chi connectivity index (χ0n) is 58.6. The summed E-state index contributed by atoms with van der Waals surface area (Å²) in [6, 6.07) is 43.8. The van der Waals surface area contributed by atoms with Gasteiger partial charge in [-0.05, 0) is 130 Å². The Balaban J connectivity index is 0.000000155. The van der Waals surface area contributed by atoms with Crippen LogP contribution < -0.4 is 43.8 Å². The molecule has 17 nitrogen and oxygen atoms in total. The number of nitrogens with zero attached hydrogens (tertiary/aromatic N) is 9. The summed E-state index contributed by atoms with van der Waals surface area (Å²) in [6.45, 7) is 1.08. The number of ketones is 2. The van der Waals surface area contributed by atoms with Gasteiger partial charge in [0.15, 0.2) is 5.78 Å². The Hall–Kier alpha value is -8.29. The van der Waals surface area contributed by atoms with Crippen LogP contribution >= 0.6 is 0 Å². The normalized spacial score (nSPS) is 18.8. The molecule has 8 heterocycles. The third-order valence-corrected chi connectivity index (χ3v) is 20.7. The van der Waals surface area contributed by atoms with Gasteiger partial charge in [0, 0.05) is 81.1 Å². The number of imidazole rings is 3. The molecule has 19 heteroatoms. The van der Waals surface area contributed by atoms with E-state index in [1.54, 1.807) is 6.08 Å². The van der Waals surface area contributed by atoms with Gasteiger partial charge in [0.05, 0.1) is 83.7 Å². The number of aromatic nitrogens is 9. The largest absolute Gasteiger partial charge is 1.00 e. The number of benzene rings is 3. The van der Waals surface area contributed by atoms with Crippen LogP contribution in [0.3, 0.4) is 0 Å². The number of Topliss-reactive ketones (excluding diaryl/α,β-unsaturated/α-hetero) is 1. The van der Waals surface area contributed by atoms with Crippen molar-refractivity contribution in [1.82, 2.24) is 43.6 Å². The second kappa shape index (κ2) is 33.0. The van der Waals surface area contributed by atoms with Crippen LogP contribution in [0.5, 0.6) is 17.6 Å². The average Bonchev–Trinajstić information content (AvgIpc) is 1.71. The van der Waals surface area contributed by atoms with Gasteiger partial charge in [-0.1, -0.05) is 149 Å². The summed E-state index contributed by atoms with van der Waals surface area (Å²) in [7, 11) is 0. The minimum atomic E-state index is -0.833. The van der Waals surface area contributed by atoms with Crippen molar-refractivity contribution in [2.75, 3.05) is 0 Å². The number of carboxylic acids is 1. The molecule has 511 valence electrons. The molecule has 17 rings (SSSR count). The smallest absolute Gasteiger partial charge is 1.00 e. The van der Waals surface area contributed by atoms with E-state index in [9.17, 15) is 14.7 Å². The van der Waals surface area contributed by atoms with Crippen LogP contribution in [0.4, 0.5) is 0 Å². The molecule has 8 aliphatic rings. The number of hydrogen-bond acceptors (Lipinski definition) is 13. The van der Waals surface area contributed by atoms with Crippen LogP contribution in [0.25, 0.3) is 39.8 Å². The summed E-state index contributed by atoms with van der Waals surface area (Å²) in [5.74, 6) is 2.50. The van der Waals surface area contributed by atoms with Crippen molar-refractivity contribution in [3.8, 4) is 51.4 Å². The van der Waals surface area contributed by atoms with Crippen molar-refractivity contribution in [2.45, 2.75) is 197 Å². The number of ether oxygens (including phenoxy) is 3. The Bertz CT molecular complexity index is 4140. The molecule has 3 unspecified atom stereocenters. The third kappa shape index (κ3) is 16.7. The van der Waals surface area contributed by atoms with Crippen LogP contribution in [0.1, 0.15) is 202 Å². The van der Waals surface area contributed by atoms with Gasteiger partial charge in [-0.2, -0.15) is 0 Å². The molecular formula is C81H90BN9NaO8. The number of aliphatic hydroxyl groups is 1. The maximum absolute atomic E-state index is 13.1. The minimum Gasteiger partial charge on any atom is -1.00 e. The predicted octanol–water partition coefficient (Wildman–Crippen LogP) is 13.0. The molecule has 6 aromatic heterocycles. The number of rotatable bonds is 20. The molecule has 0 bridgehead atoms. The molecule has 0 spiro atoms. The molecule has 6 fully saturated rings. The molecule has 2 N–H and O–H groups in total. The minimum absolute atomic E-state index is 0. The number of aliphatic carboxylic acids is 1. The molecule has 6 aliphatic carbocycles. The van der Waals surface area contributed by atoms with E-state index in [0.29, 0.717) is 54.2 Å². The molecule has 0 saturated heterocycles. The zero-order valence-corrected chi connectivity index (χ0v) is 59.6. The number of pyridine rings is 3.